The molecule has 2 aromatic rings. The Hall–Kier alpha value is -2.36. The van der Waals surface area contributed by atoms with Crippen molar-refractivity contribution in [1.82, 2.24) is 0 Å². The van der Waals surface area contributed by atoms with Gasteiger partial charge in [0.25, 0.3) is 0 Å². The Kier molecular flexibility index (Phi) is 4.03. The summed E-state index contributed by atoms with van der Waals surface area (Å²) in [7, 11) is 0. The van der Waals surface area contributed by atoms with Crippen molar-refractivity contribution in [2.75, 3.05) is 0 Å². The van der Waals surface area contributed by atoms with Crippen LogP contribution in [0.3, 0.4) is 0 Å². The second-order valence-corrected chi connectivity index (χ2v) is 4.75. The Labute approximate surface area is 117 Å². The van der Waals surface area contributed by atoms with Gasteiger partial charge in [0.05, 0.1) is 0 Å². The summed E-state index contributed by atoms with van der Waals surface area (Å²) in [6, 6.07) is 10.2. The number of rotatable bonds is 4. The van der Waals surface area contributed by atoms with Gasteiger partial charge in [0.15, 0.2) is 0 Å². The minimum absolute atomic E-state index is 0.0507. The van der Waals surface area contributed by atoms with Crippen molar-refractivity contribution < 1.29 is 9.13 Å². The maximum atomic E-state index is 13.2. The molecular weight excluding hydrogens is 255 g/mol. The lowest BCUT2D eigenvalue weighted by Crippen LogP contribution is -2.11. The first-order valence-electron chi connectivity index (χ1n) is 6.30. The SMILES string of the molecule is Cc1cc(OCc2ccc(C(=N)N)cc2C)ccc1F. The third kappa shape index (κ3) is 3.15. The number of hydrogen-bond donors (Lipinski definition) is 2. The minimum atomic E-state index is -0.237. The van der Waals surface area contributed by atoms with E-state index in [1.54, 1.807) is 25.1 Å². The second kappa shape index (κ2) is 5.74. The zero-order chi connectivity index (χ0) is 14.7. The fourth-order valence-electron chi connectivity index (χ4n) is 1.89. The molecule has 0 amide bonds. The number of nitrogen functional groups attached to an aromatic ring is 1. The lowest BCUT2D eigenvalue weighted by molar-refractivity contribution is 0.304. The predicted molar refractivity (Wildman–Crippen MR) is 77.7 cm³/mol. The normalized spacial score (nSPS) is 10.3. The van der Waals surface area contributed by atoms with Gasteiger partial charge in [0, 0.05) is 5.56 Å². The molecule has 0 atom stereocenters. The third-order valence-electron chi connectivity index (χ3n) is 3.18. The van der Waals surface area contributed by atoms with Gasteiger partial charge in [0.1, 0.15) is 24.0 Å². The van der Waals surface area contributed by atoms with E-state index in [1.165, 1.54) is 6.07 Å². The number of halogens is 1. The average Bonchev–Trinajstić information content (AvgIpc) is 2.41. The van der Waals surface area contributed by atoms with Crippen LogP contribution in [0.4, 0.5) is 4.39 Å². The molecule has 0 heterocycles. The Morgan fingerprint density at radius 1 is 1.15 bits per heavy atom. The Balaban J connectivity index is 2.10. The van der Waals surface area contributed by atoms with Gasteiger partial charge in [-0.15, -0.1) is 0 Å². The molecule has 2 rings (SSSR count). The summed E-state index contributed by atoms with van der Waals surface area (Å²) in [6.45, 7) is 4.05. The zero-order valence-corrected chi connectivity index (χ0v) is 11.5. The fraction of sp³-hybridized carbons (Fsp3) is 0.188. The van der Waals surface area contributed by atoms with Gasteiger partial charge in [-0.05, 0) is 54.8 Å². The molecule has 0 saturated heterocycles. The van der Waals surface area contributed by atoms with E-state index in [1.807, 2.05) is 19.1 Å². The largest absolute Gasteiger partial charge is 0.489 e. The van der Waals surface area contributed by atoms with E-state index >= 15 is 0 Å². The van der Waals surface area contributed by atoms with E-state index in [0.29, 0.717) is 23.5 Å². The van der Waals surface area contributed by atoms with Crippen LogP contribution < -0.4 is 10.5 Å². The molecule has 3 N–H and O–H groups in total. The second-order valence-electron chi connectivity index (χ2n) is 4.75. The molecule has 4 heteroatoms. The molecule has 0 fully saturated rings. The quantitative estimate of drug-likeness (QED) is 0.662. The lowest BCUT2D eigenvalue weighted by atomic mass is 10.1. The summed E-state index contributed by atoms with van der Waals surface area (Å²) in [6.07, 6.45) is 0. The molecule has 2 aromatic carbocycles. The first-order chi connectivity index (χ1) is 9.47. The summed E-state index contributed by atoms with van der Waals surface area (Å²) in [5.74, 6) is 0.452. The minimum Gasteiger partial charge on any atom is -0.489 e. The van der Waals surface area contributed by atoms with E-state index < -0.39 is 0 Å². The number of benzene rings is 2. The third-order valence-corrected chi connectivity index (χ3v) is 3.18. The first kappa shape index (κ1) is 14.1. The number of ether oxygens (including phenoxy) is 1. The molecule has 20 heavy (non-hydrogen) atoms. The van der Waals surface area contributed by atoms with Crippen LogP contribution >= 0.6 is 0 Å². The van der Waals surface area contributed by atoms with Crippen LogP contribution in [0.5, 0.6) is 5.75 Å². The number of hydrogen-bond acceptors (Lipinski definition) is 2. The van der Waals surface area contributed by atoms with Crippen molar-refractivity contribution in [2.45, 2.75) is 20.5 Å². The topological polar surface area (TPSA) is 59.1 Å². The van der Waals surface area contributed by atoms with Crippen LogP contribution in [0.1, 0.15) is 22.3 Å². The molecule has 0 aliphatic heterocycles. The summed E-state index contributed by atoms with van der Waals surface area (Å²) in [5.41, 5.74) is 8.73. The Morgan fingerprint density at radius 2 is 1.90 bits per heavy atom. The highest BCUT2D eigenvalue weighted by Crippen LogP contribution is 2.19. The van der Waals surface area contributed by atoms with Crippen LogP contribution in [0.2, 0.25) is 0 Å². The van der Waals surface area contributed by atoms with Gasteiger partial charge in [-0.2, -0.15) is 0 Å². The molecular formula is C16H17FN2O. The molecule has 0 unspecified atom stereocenters. The molecule has 0 aliphatic carbocycles. The molecule has 104 valence electrons. The van der Waals surface area contributed by atoms with E-state index in [4.69, 9.17) is 15.9 Å². The van der Waals surface area contributed by atoms with Crippen LogP contribution in [0, 0.1) is 25.1 Å². The van der Waals surface area contributed by atoms with E-state index in [2.05, 4.69) is 0 Å². The van der Waals surface area contributed by atoms with E-state index in [0.717, 1.165) is 11.1 Å². The summed E-state index contributed by atoms with van der Waals surface area (Å²) >= 11 is 0. The van der Waals surface area contributed by atoms with Gasteiger partial charge in [-0.1, -0.05) is 12.1 Å². The highest BCUT2D eigenvalue weighted by molar-refractivity contribution is 5.95. The van der Waals surface area contributed by atoms with Gasteiger partial charge in [0.2, 0.25) is 0 Å². The van der Waals surface area contributed by atoms with E-state index in [-0.39, 0.29) is 11.7 Å². The van der Waals surface area contributed by atoms with Crippen molar-refractivity contribution in [1.29, 1.82) is 5.41 Å². The highest BCUT2D eigenvalue weighted by atomic mass is 19.1. The molecule has 0 aromatic heterocycles. The Bertz CT molecular complexity index is 653. The maximum Gasteiger partial charge on any atom is 0.126 e. The fourth-order valence-corrected chi connectivity index (χ4v) is 1.89. The van der Waals surface area contributed by atoms with Gasteiger partial charge >= 0.3 is 0 Å². The molecule has 0 spiro atoms. The standard InChI is InChI=1S/C16H17FN2O/c1-10-7-12(16(18)19)3-4-13(10)9-20-14-5-6-15(17)11(2)8-14/h3-8H,9H2,1-2H3,(H3,18,19). The molecule has 0 aliphatic rings. The average molecular weight is 272 g/mol. The number of nitrogens with one attached hydrogen (secondary N) is 1. The summed E-state index contributed by atoms with van der Waals surface area (Å²) in [4.78, 5) is 0. The Morgan fingerprint density at radius 3 is 2.50 bits per heavy atom. The van der Waals surface area contributed by atoms with Gasteiger partial charge < -0.3 is 10.5 Å². The van der Waals surface area contributed by atoms with Crippen molar-refractivity contribution in [3.8, 4) is 5.75 Å². The molecule has 0 saturated carbocycles. The van der Waals surface area contributed by atoms with Crippen molar-refractivity contribution in [3.05, 3.63) is 64.5 Å². The number of amidine groups is 1. The van der Waals surface area contributed by atoms with Crippen LogP contribution in [-0.2, 0) is 6.61 Å². The molecule has 3 nitrogen and oxygen atoms in total. The summed E-state index contributed by atoms with van der Waals surface area (Å²) in [5, 5.41) is 7.39. The van der Waals surface area contributed by atoms with Gasteiger partial charge in [-0.25, -0.2) is 4.39 Å². The van der Waals surface area contributed by atoms with Crippen LogP contribution in [0.25, 0.3) is 0 Å². The highest BCUT2D eigenvalue weighted by Gasteiger charge is 2.04. The zero-order valence-electron chi connectivity index (χ0n) is 11.5. The van der Waals surface area contributed by atoms with E-state index in [9.17, 15) is 4.39 Å². The number of nitrogens with two attached hydrogens (primary N) is 1. The molecule has 0 bridgehead atoms. The van der Waals surface area contributed by atoms with Crippen molar-refractivity contribution in [2.24, 2.45) is 5.73 Å². The van der Waals surface area contributed by atoms with Crippen molar-refractivity contribution in [3.63, 3.8) is 0 Å². The van der Waals surface area contributed by atoms with Crippen LogP contribution in [-0.4, -0.2) is 5.84 Å². The summed E-state index contributed by atoms with van der Waals surface area (Å²) < 4.78 is 18.8. The lowest BCUT2D eigenvalue weighted by Gasteiger charge is -2.10. The van der Waals surface area contributed by atoms with Crippen molar-refractivity contribution >= 4 is 5.84 Å². The van der Waals surface area contributed by atoms with Crippen LogP contribution in [0.15, 0.2) is 36.4 Å². The number of aryl methyl sites for hydroxylation is 2. The van der Waals surface area contributed by atoms with Gasteiger partial charge in [-0.3, -0.25) is 5.41 Å². The maximum absolute atomic E-state index is 13.2. The monoisotopic (exact) mass is 272 g/mol. The molecule has 0 radical (unpaired) electrons. The predicted octanol–water partition coefficient (Wildman–Crippen LogP) is 3.31. The smallest absolute Gasteiger partial charge is 0.126 e. The first-order valence-corrected chi connectivity index (χ1v) is 6.30.